The van der Waals surface area contributed by atoms with E-state index in [0.29, 0.717) is 12.1 Å². The monoisotopic (exact) mass is 424 g/mol. The van der Waals surface area contributed by atoms with Crippen LogP contribution in [-0.4, -0.2) is 29.0 Å². The molecule has 30 heavy (non-hydrogen) atoms. The maximum atomic E-state index is 14.4. The Balaban J connectivity index is 1.59. The van der Waals surface area contributed by atoms with Gasteiger partial charge in [0.25, 0.3) is 5.91 Å². The van der Waals surface area contributed by atoms with Crippen molar-refractivity contribution in [1.82, 2.24) is 4.90 Å². The fourth-order valence-electron chi connectivity index (χ4n) is 5.10. The second-order valence-electron chi connectivity index (χ2n) is 8.47. The lowest BCUT2D eigenvalue weighted by molar-refractivity contribution is -0.143. The van der Waals surface area contributed by atoms with Crippen molar-refractivity contribution in [3.05, 3.63) is 65.0 Å². The Kier molecular flexibility index (Phi) is 4.85. The minimum atomic E-state index is -1.02. The molecule has 1 aliphatic carbocycles. The molecule has 6 heteroatoms. The van der Waals surface area contributed by atoms with Gasteiger partial charge in [0.2, 0.25) is 5.91 Å². The van der Waals surface area contributed by atoms with Crippen molar-refractivity contribution >= 4 is 29.3 Å². The Morgan fingerprint density at radius 2 is 1.97 bits per heavy atom. The summed E-state index contributed by atoms with van der Waals surface area (Å²) >= 11 is 1.55. The molecule has 0 radical (unpaired) electrons. The standard InChI is InChI=1S/C24H25FN2O2S/c1-16-10-11-21-19(14-16)24(23(29)26(21)15-18-8-4-5-9-20(18)25)27(12-13-30-24)22(28)17-6-2-3-7-17/h4-5,8-11,14,17H,2-3,6-7,12-13,15H2,1H3/t24-/m0/s1. The molecule has 0 aromatic heterocycles. The van der Waals surface area contributed by atoms with E-state index < -0.39 is 4.87 Å². The molecule has 0 bridgehead atoms. The Labute approximate surface area is 180 Å². The van der Waals surface area contributed by atoms with Crippen LogP contribution in [0.4, 0.5) is 10.1 Å². The van der Waals surface area contributed by atoms with Gasteiger partial charge in [-0.05, 0) is 31.9 Å². The average Bonchev–Trinajstić information content (AvgIpc) is 3.47. The van der Waals surface area contributed by atoms with Gasteiger partial charge in [0.1, 0.15) is 5.82 Å². The third kappa shape index (κ3) is 2.88. The van der Waals surface area contributed by atoms with Crippen molar-refractivity contribution in [3.8, 4) is 0 Å². The third-order valence-corrected chi connectivity index (χ3v) is 8.03. The van der Waals surface area contributed by atoms with E-state index in [-0.39, 0.29) is 30.1 Å². The van der Waals surface area contributed by atoms with Crippen molar-refractivity contribution in [2.45, 2.75) is 44.0 Å². The normalized spacial score (nSPS) is 23.6. The third-order valence-electron chi connectivity index (χ3n) is 6.61. The number of halogens is 1. The molecular formula is C24H25FN2O2S. The predicted molar refractivity (Wildman–Crippen MR) is 117 cm³/mol. The number of nitrogens with zero attached hydrogens (tertiary/aromatic N) is 2. The van der Waals surface area contributed by atoms with Gasteiger partial charge in [0.05, 0.1) is 12.2 Å². The van der Waals surface area contributed by atoms with Gasteiger partial charge >= 0.3 is 0 Å². The minimum absolute atomic E-state index is 0.0160. The summed E-state index contributed by atoms with van der Waals surface area (Å²) in [6.45, 7) is 2.74. The quantitative estimate of drug-likeness (QED) is 0.723. The molecule has 1 saturated carbocycles. The second-order valence-corrected chi connectivity index (χ2v) is 9.75. The number of hydrogen-bond donors (Lipinski definition) is 0. The van der Waals surface area contributed by atoms with Crippen molar-refractivity contribution in [2.24, 2.45) is 5.92 Å². The van der Waals surface area contributed by atoms with E-state index in [9.17, 15) is 14.0 Å². The molecule has 2 aliphatic heterocycles. The van der Waals surface area contributed by atoms with Crippen molar-refractivity contribution in [2.75, 3.05) is 17.2 Å². The Morgan fingerprint density at radius 1 is 1.20 bits per heavy atom. The molecule has 0 N–H and O–H groups in total. The van der Waals surface area contributed by atoms with Crippen LogP contribution < -0.4 is 4.90 Å². The van der Waals surface area contributed by atoms with Gasteiger partial charge in [-0.25, -0.2) is 4.39 Å². The number of benzene rings is 2. The van der Waals surface area contributed by atoms with E-state index in [2.05, 4.69) is 0 Å². The van der Waals surface area contributed by atoms with Crippen molar-refractivity contribution in [1.29, 1.82) is 0 Å². The lowest BCUT2D eigenvalue weighted by atomic mass is 10.00. The molecular weight excluding hydrogens is 399 g/mol. The Morgan fingerprint density at radius 3 is 2.73 bits per heavy atom. The predicted octanol–water partition coefficient (Wildman–Crippen LogP) is 4.60. The van der Waals surface area contributed by atoms with E-state index >= 15 is 0 Å². The molecule has 4 nitrogen and oxygen atoms in total. The summed E-state index contributed by atoms with van der Waals surface area (Å²) < 4.78 is 14.4. The lowest BCUT2D eigenvalue weighted by Crippen LogP contribution is -2.51. The highest BCUT2D eigenvalue weighted by atomic mass is 32.2. The van der Waals surface area contributed by atoms with Gasteiger partial charge in [-0.15, -0.1) is 11.8 Å². The van der Waals surface area contributed by atoms with Crippen LogP contribution in [0.1, 0.15) is 42.4 Å². The van der Waals surface area contributed by atoms with Crippen LogP contribution in [0.2, 0.25) is 0 Å². The van der Waals surface area contributed by atoms with E-state index in [0.717, 1.165) is 48.3 Å². The van der Waals surface area contributed by atoms with Gasteiger partial charge in [0, 0.05) is 29.3 Å². The minimum Gasteiger partial charge on any atom is -0.315 e. The molecule has 1 atom stereocenters. The van der Waals surface area contributed by atoms with Crippen LogP contribution in [0.5, 0.6) is 0 Å². The lowest BCUT2D eigenvalue weighted by Gasteiger charge is -2.35. The second kappa shape index (κ2) is 7.41. The molecule has 156 valence electrons. The Bertz CT molecular complexity index is 1020. The maximum Gasteiger partial charge on any atom is 0.268 e. The first-order valence-corrected chi connectivity index (χ1v) is 11.6. The van der Waals surface area contributed by atoms with E-state index in [4.69, 9.17) is 0 Å². The van der Waals surface area contributed by atoms with E-state index in [1.807, 2.05) is 30.0 Å². The number of rotatable bonds is 3. The SMILES string of the molecule is Cc1ccc2c(c1)[C@]1(SCCN1C(=O)C1CCCC1)C(=O)N2Cc1ccccc1F. The van der Waals surface area contributed by atoms with Crippen molar-refractivity contribution in [3.63, 3.8) is 0 Å². The topological polar surface area (TPSA) is 40.6 Å². The van der Waals surface area contributed by atoms with Gasteiger partial charge in [-0.3, -0.25) is 9.59 Å². The number of aryl methyl sites for hydroxylation is 1. The van der Waals surface area contributed by atoms with Gasteiger partial charge in [0.15, 0.2) is 4.87 Å². The highest BCUT2D eigenvalue weighted by Crippen LogP contribution is 2.55. The highest BCUT2D eigenvalue weighted by molar-refractivity contribution is 8.01. The molecule has 2 fully saturated rings. The van der Waals surface area contributed by atoms with Gasteiger partial charge in [-0.2, -0.15) is 0 Å². The maximum absolute atomic E-state index is 14.4. The van der Waals surface area contributed by atoms with Crippen LogP contribution in [0.3, 0.4) is 0 Å². The Hall–Kier alpha value is -2.34. The molecule has 2 heterocycles. The molecule has 2 aromatic carbocycles. The van der Waals surface area contributed by atoms with Crippen LogP contribution in [-0.2, 0) is 21.0 Å². The molecule has 3 aliphatic rings. The van der Waals surface area contributed by atoms with Crippen molar-refractivity contribution < 1.29 is 14.0 Å². The number of hydrogen-bond acceptors (Lipinski definition) is 3. The van der Waals surface area contributed by atoms with E-state index in [1.54, 1.807) is 34.9 Å². The smallest absolute Gasteiger partial charge is 0.268 e. The molecule has 5 rings (SSSR count). The summed E-state index contributed by atoms with van der Waals surface area (Å²) in [4.78, 5) is 29.9. The number of anilines is 1. The first-order chi connectivity index (χ1) is 14.5. The highest BCUT2D eigenvalue weighted by Gasteiger charge is 2.60. The first kappa shape index (κ1) is 19.6. The first-order valence-electron chi connectivity index (χ1n) is 10.6. The number of fused-ring (bicyclic) bond motifs is 2. The molecule has 2 aromatic rings. The summed E-state index contributed by atoms with van der Waals surface area (Å²) in [5.74, 6) is 0.400. The summed E-state index contributed by atoms with van der Waals surface area (Å²) in [6.07, 6.45) is 3.97. The molecule has 1 spiro atoms. The van der Waals surface area contributed by atoms with Crippen LogP contribution in [0, 0.1) is 18.7 Å². The summed E-state index contributed by atoms with van der Waals surface area (Å²) in [5.41, 5.74) is 3.19. The molecule has 1 saturated heterocycles. The average molecular weight is 425 g/mol. The van der Waals surface area contributed by atoms with Gasteiger partial charge < -0.3 is 9.80 Å². The fourth-order valence-corrected chi connectivity index (χ4v) is 6.56. The summed E-state index contributed by atoms with van der Waals surface area (Å²) in [6, 6.07) is 12.5. The van der Waals surface area contributed by atoms with Crippen LogP contribution in [0.25, 0.3) is 0 Å². The molecule has 2 amide bonds. The summed E-state index contributed by atoms with van der Waals surface area (Å²) in [5, 5.41) is 0. The summed E-state index contributed by atoms with van der Waals surface area (Å²) in [7, 11) is 0. The largest absolute Gasteiger partial charge is 0.315 e. The number of amides is 2. The fraction of sp³-hybridized carbons (Fsp3) is 0.417. The number of thioether (sulfide) groups is 1. The van der Waals surface area contributed by atoms with E-state index in [1.165, 1.54) is 6.07 Å². The van der Waals surface area contributed by atoms with Gasteiger partial charge in [-0.1, -0.05) is 48.7 Å². The van der Waals surface area contributed by atoms with Crippen LogP contribution >= 0.6 is 11.8 Å². The number of carbonyl (C=O) groups is 2. The zero-order valence-corrected chi connectivity index (χ0v) is 17.9. The molecule has 0 unspecified atom stereocenters. The zero-order chi connectivity index (χ0) is 20.9. The van der Waals surface area contributed by atoms with Crippen LogP contribution in [0.15, 0.2) is 42.5 Å². The zero-order valence-electron chi connectivity index (χ0n) is 17.1. The number of carbonyl (C=O) groups excluding carboxylic acids is 2.